The highest BCUT2D eigenvalue weighted by molar-refractivity contribution is 6.30. The van der Waals surface area contributed by atoms with Gasteiger partial charge in [0, 0.05) is 30.2 Å². The number of carbonyl (C=O) groups excluding carboxylic acids is 1. The molecular weight excluding hydrogens is 365 g/mol. The molecule has 2 fully saturated rings. The Balaban J connectivity index is 1.53. The fraction of sp³-hybridized carbons (Fsp3) is 0.409. The van der Waals surface area contributed by atoms with Crippen LogP contribution in [0, 0.1) is 5.82 Å². The highest BCUT2D eigenvalue weighted by Gasteiger charge is 2.51. The monoisotopic (exact) mass is 387 g/mol. The summed E-state index contributed by atoms with van der Waals surface area (Å²) < 4.78 is 18.9. The molecule has 2 aromatic carbocycles. The van der Waals surface area contributed by atoms with E-state index in [0.29, 0.717) is 24.8 Å². The van der Waals surface area contributed by atoms with E-state index in [0.717, 1.165) is 36.8 Å². The maximum absolute atomic E-state index is 13.4. The Kier molecular flexibility index (Phi) is 4.95. The second kappa shape index (κ2) is 7.25. The number of hydrogen-bond acceptors (Lipinski definition) is 2. The van der Waals surface area contributed by atoms with Crippen LogP contribution in [-0.2, 0) is 20.4 Å². The molecule has 1 aliphatic heterocycles. The van der Waals surface area contributed by atoms with E-state index in [4.69, 9.17) is 16.3 Å². The fourth-order valence-corrected chi connectivity index (χ4v) is 4.30. The number of benzene rings is 2. The molecule has 3 nitrogen and oxygen atoms in total. The van der Waals surface area contributed by atoms with Crippen molar-refractivity contribution in [2.45, 2.75) is 36.5 Å². The first kappa shape index (κ1) is 18.5. The Morgan fingerprint density at radius 1 is 1.04 bits per heavy atom. The van der Waals surface area contributed by atoms with E-state index in [1.807, 2.05) is 36.4 Å². The SMILES string of the molecule is O=C(NCC1(c2ccc(F)cc2)CCOCC1)C1(c2cccc(Cl)c2)CC1. The minimum Gasteiger partial charge on any atom is -0.381 e. The Bertz CT molecular complexity index is 826. The molecule has 1 N–H and O–H groups in total. The molecule has 4 rings (SSSR count). The molecule has 0 radical (unpaired) electrons. The van der Waals surface area contributed by atoms with Gasteiger partial charge < -0.3 is 10.1 Å². The second-order valence-electron chi connectivity index (χ2n) is 7.67. The van der Waals surface area contributed by atoms with Gasteiger partial charge in [0.1, 0.15) is 5.82 Å². The van der Waals surface area contributed by atoms with Gasteiger partial charge in [-0.2, -0.15) is 0 Å². The maximum atomic E-state index is 13.4. The second-order valence-corrected chi connectivity index (χ2v) is 8.11. The van der Waals surface area contributed by atoms with Gasteiger partial charge in [-0.05, 0) is 61.1 Å². The van der Waals surface area contributed by atoms with E-state index < -0.39 is 5.41 Å². The van der Waals surface area contributed by atoms with Crippen molar-refractivity contribution in [1.29, 1.82) is 0 Å². The average Bonchev–Trinajstić information content (AvgIpc) is 3.49. The summed E-state index contributed by atoms with van der Waals surface area (Å²) in [5, 5.41) is 3.85. The van der Waals surface area contributed by atoms with Crippen molar-refractivity contribution in [2.75, 3.05) is 19.8 Å². The van der Waals surface area contributed by atoms with Gasteiger partial charge in [0.15, 0.2) is 0 Å². The fourth-order valence-electron chi connectivity index (χ4n) is 4.11. The number of amides is 1. The van der Waals surface area contributed by atoms with Gasteiger partial charge in [-0.1, -0.05) is 35.9 Å². The summed E-state index contributed by atoms with van der Waals surface area (Å²) in [7, 11) is 0. The molecule has 142 valence electrons. The summed E-state index contributed by atoms with van der Waals surface area (Å²) in [5.41, 5.74) is 1.36. The summed E-state index contributed by atoms with van der Waals surface area (Å²) in [6.45, 7) is 1.82. The van der Waals surface area contributed by atoms with Crippen molar-refractivity contribution in [3.8, 4) is 0 Å². The molecule has 2 aliphatic rings. The van der Waals surface area contributed by atoms with Crippen molar-refractivity contribution in [1.82, 2.24) is 5.32 Å². The zero-order valence-electron chi connectivity index (χ0n) is 15.1. The number of rotatable bonds is 5. The van der Waals surface area contributed by atoms with Crippen molar-refractivity contribution in [3.63, 3.8) is 0 Å². The topological polar surface area (TPSA) is 38.3 Å². The molecule has 0 bridgehead atoms. The van der Waals surface area contributed by atoms with Crippen molar-refractivity contribution in [2.24, 2.45) is 0 Å². The summed E-state index contributed by atoms with van der Waals surface area (Å²) in [4.78, 5) is 13.1. The van der Waals surface area contributed by atoms with Crippen LogP contribution in [0.15, 0.2) is 48.5 Å². The zero-order valence-corrected chi connectivity index (χ0v) is 15.9. The first-order valence-electron chi connectivity index (χ1n) is 9.42. The first-order chi connectivity index (χ1) is 13.0. The molecule has 1 saturated carbocycles. The zero-order chi connectivity index (χ0) is 18.9. The number of ether oxygens (including phenoxy) is 1. The molecule has 0 unspecified atom stereocenters. The van der Waals surface area contributed by atoms with E-state index in [2.05, 4.69) is 5.32 Å². The lowest BCUT2D eigenvalue weighted by molar-refractivity contribution is -0.124. The van der Waals surface area contributed by atoms with Crippen LogP contribution in [0.1, 0.15) is 36.8 Å². The standard InChI is InChI=1S/C22H23ClFNO2/c23-18-3-1-2-17(14-18)22(8-9-22)20(26)25-15-21(10-12-27-13-11-21)16-4-6-19(24)7-5-16/h1-7,14H,8-13,15H2,(H,25,26). The van der Waals surface area contributed by atoms with Crippen LogP contribution < -0.4 is 5.32 Å². The minimum atomic E-state index is -0.458. The van der Waals surface area contributed by atoms with Gasteiger partial charge in [-0.25, -0.2) is 4.39 Å². The highest BCUT2D eigenvalue weighted by Crippen LogP contribution is 2.49. The van der Waals surface area contributed by atoms with E-state index >= 15 is 0 Å². The molecule has 0 spiro atoms. The Morgan fingerprint density at radius 3 is 2.37 bits per heavy atom. The van der Waals surface area contributed by atoms with Gasteiger partial charge in [0.2, 0.25) is 5.91 Å². The third-order valence-electron chi connectivity index (χ3n) is 6.06. The van der Waals surface area contributed by atoms with Crippen molar-refractivity contribution < 1.29 is 13.9 Å². The van der Waals surface area contributed by atoms with Crippen molar-refractivity contribution in [3.05, 3.63) is 70.5 Å². The smallest absolute Gasteiger partial charge is 0.230 e. The number of carbonyl (C=O) groups is 1. The Labute approximate surface area is 163 Å². The van der Waals surface area contributed by atoms with Gasteiger partial charge in [-0.15, -0.1) is 0 Å². The Morgan fingerprint density at radius 2 is 1.74 bits per heavy atom. The van der Waals surface area contributed by atoms with Gasteiger partial charge in [0.05, 0.1) is 5.41 Å². The molecule has 1 aliphatic carbocycles. The third kappa shape index (κ3) is 3.61. The molecule has 0 aromatic heterocycles. The van der Waals surface area contributed by atoms with Crippen LogP contribution in [0.5, 0.6) is 0 Å². The van der Waals surface area contributed by atoms with Gasteiger partial charge in [0.25, 0.3) is 0 Å². The number of halogens is 2. The maximum Gasteiger partial charge on any atom is 0.230 e. The molecule has 1 amide bonds. The van der Waals surface area contributed by atoms with Crippen LogP contribution >= 0.6 is 11.6 Å². The average molecular weight is 388 g/mol. The summed E-state index contributed by atoms with van der Waals surface area (Å²) in [6.07, 6.45) is 3.30. The summed E-state index contributed by atoms with van der Waals surface area (Å²) in [6, 6.07) is 14.2. The van der Waals surface area contributed by atoms with E-state index in [1.165, 1.54) is 12.1 Å². The lowest BCUT2D eigenvalue weighted by Crippen LogP contribution is -2.47. The molecule has 0 atom stereocenters. The molecular formula is C22H23ClFNO2. The van der Waals surface area contributed by atoms with Gasteiger partial charge >= 0.3 is 0 Å². The quantitative estimate of drug-likeness (QED) is 0.827. The Hall–Kier alpha value is -1.91. The first-order valence-corrected chi connectivity index (χ1v) is 9.80. The molecule has 1 saturated heterocycles. The predicted molar refractivity (Wildman–Crippen MR) is 104 cm³/mol. The number of hydrogen-bond donors (Lipinski definition) is 1. The third-order valence-corrected chi connectivity index (χ3v) is 6.29. The minimum absolute atomic E-state index is 0.0535. The normalized spacial score (nSPS) is 20.1. The lowest BCUT2D eigenvalue weighted by Gasteiger charge is -2.38. The largest absolute Gasteiger partial charge is 0.381 e. The van der Waals surface area contributed by atoms with Crippen LogP contribution in [0.2, 0.25) is 5.02 Å². The van der Waals surface area contributed by atoms with Crippen LogP contribution in [0.4, 0.5) is 4.39 Å². The molecule has 5 heteroatoms. The van der Waals surface area contributed by atoms with Crippen LogP contribution in [0.25, 0.3) is 0 Å². The molecule has 1 heterocycles. The molecule has 27 heavy (non-hydrogen) atoms. The lowest BCUT2D eigenvalue weighted by atomic mass is 9.74. The van der Waals surface area contributed by atoms with Crippen LogP contribution in [0.3, 0.4) is 0 Å². The molecule has 2 aromatic rings. The van der Waals surface area contributed by atoms with E-state index in [1.54, 1.807) is 0 Å². The van der Waals surface area contributed by atoms with Gasteiger partial charge in [-0.3, -0.25) is 4.79 Å². The van der Waals surface area contributed by atoms with E-state index in [9.17, 15) is 9.18 Å². The van der Waals surface area contributed by atoms with Crippen molar-refractivity contribution >= 4 is 17.5 Å². The summed E-state index contributed by atoms with van der Waals surface area (Å²) in [5.74, 6) is -0.194. The predicted octanol–water partition coefficient (Wildman–Crippen LogP) is 4.38. The van der Waals surface area contributed by atoms with Crippen LogP contribution in [-0.4, -0.2) is 25.7 Å². The highest BCUT2D eigenvalue weighted by atomic mass is 35.5. The van der Waals surface area contributed by atoms with E-state index in [-0.39, 0.29) is 17.1 Å². The summed E-state index contributed by atoms with van der Waals surface area (Å²) >= 11 is 6.12. The number of nitrogens with one attached hydrogen (secondary N) is 1.